The van der Waals surface area contributed by atoms with Crippen LogP contribution in [0.4, 0.5) is 5.82 Å². The van der Waals surface area contributed by atoms with E-state index in [0.29, 0.717) is 6.04 Å². The Morgan fingerprint density at radius 3 is 2.53 bits per heavy atom. The third-order valence-electron chi connectivity index (χ3n) is 3.85. The van der Waals surface area contributed by atoms with Gasteiger partial charge in [0.05, 0.1) is 5.56 Å². The van der Waals surface area contributed by atoms with Crippen molar-refractivity contribution in [3.63, 3.8) is 0 Å². The lowest BCUT2D eigenvalue weighted by atomic mass is 10.2. The smallest absolute Gasteiger partial charge is 0.337 e. The standard InChI is InChI=1S/C14H21N3O2/c1-3-11(2)16-6-8-17(9-7-16)13-5-4-12(10-15-13)14(18)19/h4-5,10-11H,3,6-9H2,1-2H3,(H,18,19). The minimum Gasteiger partial charge on any atom is -0.478 e. The van der Waals surface area contributed by atoms with Crippen LogP contribution in [-0.4, -0.2) is 53.2 Å². The molecule has 2 rings (SSSR count). The Kier molecular flexibility index (Phi) is 4.37. The molecule has 1 unspecified atom stereocenters. The number of anilines is 1. The average Bonchev–Trinajstić information content (AvgIpc) is 2.46. The van der Waals surface area contributed by atoms with Crippen LogP contribution in [0, 0.1) is 0 Å². The van der Waals surface area contributed by atoms with E-state index in [9.17, 15) is 4.79 Å². The zero-order valence-corrected chi connectivity index (χ0v) is 11.5. The SMILES string of the molecule is CCC(C)N1CCN(c2ccc(C(=O)O)cn2)CC1. The Morgan fingerprint density at radius 2 is 2.05 bits per heavy atom. The molecular formula is C14H21N3O2. The number of nitrogens with zero attached hydrogens (tertiary/aromatic N) is 3. The lowest BCUT2D eigenvalue weighted by Crippen LogP contribution is -2.49. The molecule has 0 radical (unpaired) electrons. The second-order valence-corrected chi connectivity index (χ2v) is 4.99. The van der Waals surface area contributed by atoms with Gasteiger partial charge in [-0.05, 0) is 25.5 Å². The molecule has 0 amide bonds. The van der Waals surface area contributed by atoms with Crippen LogP contribution < -0.4 is 4.90 Å². The number of hydrogen-bond donors (Lipinski definition) is 1. The maximum absolute atomic E-state index is 10.8. The Balaban J connectivity index is 1.96. The summed E-state index contributed by atoms with van der Waals surface area (Å²) in [4.78, 5) is 19.7. The van der Waals surface area contributed by atoms with Crippen LogP contribution in [-0.2, 0) is 0 Å². The number of pyridine rings is 1. The highest BCUT2D eigenvalue weighted by Crippen LogP contribution is 2.16. The molecule has 0 bridgehead atoms. The molecule has 1 atom stereocenters. The van der Waals surface area contributed by atoms with E-state index in [-0.39, 0.29) is 5.56 Å². The molecule has 104 valence electrons. The quantitative estimate of drug-likeness (QED) is 0.896. The summed E-state index contributed by atoms with van der Waals surface area (Å²) in [5, 5.41) is 8.85. The van der Waals surface area contributed by atoms with Crippen LogP contribution in [0.25, 0.3) is 0 Å². The monoisotopic (exact) mass is 263 g/mol. The van der Waals surface area contributed by atoms with Crippen LogP contribution in [0.2, 0.25) is 0 Å². The predicted molar refractivity (Wildman–Crippen MR) is 74.7 cm³/mol. The highest BCUT2D eigenvalue weighted by Gasteiger charge is 2.20. The van der Waals surface area contributed by atoms with Crippen molar-refractivity contribution in [2.24, 2.45) is 0 Å². The van der Waals surface area contributed by atoms with E-state index in [1.54, 1.807) is 12.1 Å². The van der Waals surface area contributed by atoms with E-state index in [4.69, 9.17) is 5.11 Å². The molecule has 1 saturated heterocycles. The summed E-state index contributed by atoms with van der Waals surface area (Å²) < 4.78 is 0. The highest BCUT2D eigenvalue weighted by atomic mass is 16.4. The molecule has 19 heavy (non-hydrogen) atoms. The topological polar surface area (TPSA) is 56.7 Å². The van der Waals surface area contributed by atoms with Gasteiger partial charge < -0.3 is 10.0 Å². The molecule has 0 saturated carbocycles. The van der Waals surface area contributed by atoms with Gasteiger partial charge in [-0.1, -0.05) is 6.92 Å². The summed E-state index contributed by atoms with van der Waals surface area (Å²) in [5.41, 5.74) is 0.238. The van der Waals surface area contributed by atoms with Gasteiger partial charge in [0.2, 0.25) is 0 Å². The fourth-order valence-corrected chi connectivity index (χ4v) is 2.35. The van der Waals surface area contributed by atoms with E-state index in [0.717, 1.165) is 32.0 Å². The number of hydrogen-bond acceptors (Lipinski definition) is 4. The van der Waals surface area contributed by atoms with Gasteiger partial charge in [-0.3, -0.25) is 4.90 Å². The molecule has 5 nitrogen and oxygen atoms in total. The number of rotatable bonds is 4. The van der Waals surface area contributed by atoms with Crippen LogP contribution in [0.15, 0.2) is 18.3 Å². The zero-order valence-electron chi connectivity index (χ0n) is 11.5. The van der Waals surface area contributed by atoms with E-state index in [1.807, 2.05) is 0 Å². The summed E-state index contributed by atoms with van der Waals surface area (Å²) in [5.74, 6) is -0.0607. The predicted octanol–water partition coefficient (Wildman–Crippen LogP) is 1.70. The van der Waals surface area contributed by atoms with E-state index in [1.165, 1.54) is 12.6 Å². The highest BCUT2D eigenvalue weighted by molar-refractivity contribution is 5.87. The summed E-state index contributed by atoms with van der Waals surface area (Å²) in [6, 6.07) is 4.04. The summed E-state index contributed by atoms with van der Waals surface area (Å²) in [6.07, 6.45) is 2.60. The largest absolute Gasteiger partial charge is 0.478 e. The average molecular weight is 263 g/mol. The van der Waals surface area contributed by atoms with Gasteiger partial charge in [-0.25, -0.2) is 9.78 Å². The minimum atomic E-state index is -0.930. The molecule has 1 fully saturated rings. The molecule has 1 aliphatic rings. The van der Waals surface area contributed by atoms with Crippen molar-refractivity contribution in [1.29, 1.82) is 0 Å². The molecular weight excluding hydrogens is 242 g/mol. The van der Waals surface area contributed by atoms with Gasteiger partial charge in [0, 0.05) is 38.4 Å². The van der Waals surface area contributed by atoms with Crippen molar-refractivity contribution in [2.45, 2.75) is 26.3 Å². The van der Waals surface area contributed by atoms with Crippen molar-refractivity contribution in [1.82, 2.24) is 9.88 Å². The number of aromatic nitrogens is 1. The lowest BCUT2D eigenvalue weighted by Gasteiger charge is -2.38. The van der Waals surface area contributed by atoms with Gasteiger partial charge in [-0.15, -0.1) is 0 Å². The van der Waals surface area contributed by atoms with Crippen LogP contribution in [0.3, 0.4) is 0 Å². The third-order valence-corrected chi connectivity index (χ3v) is 3.85. The molecule has 0 aromatic carbocycles. The first-order valence-electron chi connectivity index (χ1n) is 6.80. The molecule has 0 aliphatic carbocycles. The minimum absolute atomic E-state index is 0.238. The maximum Gasteiger partial charge on any atom is 0.337 e. The fourth-order valence-electron chi connectivity index (χ4n) is 2.35. The second kappa shape index (κ2) is 6.02. The number of carboxylic acid groups (broad SMARTS) is 1. The molecule has 1 aliphatic heterocycles. The van der Waals surface area contributed by atoms with Gasteiger partial charge in [0.15, 0.2) is 0 Å². The third kappa shape index (κ3) is 3.23. The van der Waals surface area contributed by atoms with Gasteiger partial charge in [0.1, 0.15) is 5.82 Å². The molecule has 1 N–H and O–H groups in total. The lowest BCUT2D eigenvalue weighted by molar-refractivity contribution is 0.0696. The fraction of sp³-hybridized carbons (Fsp3) is 0.571. The first kappa shape index (κ1) is 13.8. The van der Waals surface area contributed by atoms with Crippen LogP contribution in [0.1, 0.15) is 30.6 Å². The van der Waals surface area contributed by atoms with Gasteiger partial charge in [-0.2, -0.15) is 0 Å². The van der Waals surface area contributed by atoms with Crippen molar-refractivity contribution < 1.29 is 9.90 Å². The molecule has 1 aromatic rings. The van der Waals surface area contributed by atoms with Crippen molar-refractivity contribution >= 4 is 11.8 Å². The normalized spacial score (nSPS) is 18.3. The first-order chi connectivity index (χ1) is 9.11. The number of carbonyl (C=O) groups is 1. The number of aromatic carboxylic acids is 1. The zero-order chi connectivity index (χ0) is 13.8. The Bertz CT molecular complexity index is 425. The van der Waals surface area contributed by atoms with Crippen molar-refractivity contribution in [2.75, 3.05) is 31.1 Å². The van der Waals surface area contributed by atoms with Gasteiger partial charge >= 0.3 is 5.97 Å². The van der Waals surface area contributed by atoms with Gasteiger partial charge in [0.25, 0.3) is 0 Å². The van der Waals surface area contributed by atoms with Crippen molar-refractivity contribution in [3.8, 4) is 0 Å². The Morgan fingerprint density at radius 1 is 1.37 bits per heavy atom. The first-order valence-corrected chi connectivity index (χ1v) is 6.80. The Labute approximate surface area is 113 Å². The summed E-state index contributed by atoms with van der Waals surface area (Å²) >= 11 is 0. The van der Waals surface area contributed by atoms with E-state index < -0.39 is 5.97 Å². The second-order valence-electron chi connectivity index (χ2n) is 4.99. The van der Waals surface area contributed by atoms with Crippen LogP contribution in [0.5, 0.6) is 0 Å². The number of piperazine rings is 1. The van der Waals surface area contributed by atoms with Crippen molar-refractivity contribution in [3.05, 3.63) is 23.9 Å². The summed E-state index contributed by atoms with van der Waals surface area (Å²) in [6.45, 7) is 8.45. The number of carboxylic acids is 1. The Hall–Kier alpha value is -1.62. The summed E-state index contributed by atoms with van der Waals surface area (Å²) in [7, 11) is 0. The molecule has 1 aromatic heterocycles. The van der Waals surface area contributed by atoms with E-state index >= 15 is 0 Å². The molecule has 5 heteroatoms. The molecule has 0 spiro atoms. The van der Waals surface area contributed by atoms with E-state index in [2.05, 4.69) is 28.6 Å². The maximum atomic E-state index is 10.8. The van der Waals surface area contributed by atoms with Crippen LogP contribution >= 0.6 is 0 Å². The molecule has 2 heterocycles.